The van der Waals surface area contributed by atoms with Gasteiger partial charge in [0.1, 0.15) is 5.82 Å². The molecule has 6 nitrogen and oxygen atoms in total. The Kier molecular flexibility index (Phi) is 6.54. The number of aromatic nitrogens is 3. The van der Waals surface area contributed by atoms with Crippen molar-refractivity contribution in [3.05, 3.63) is 72.4 Å². The molecule has 6 heteroatoms. The number of rotatable bonds is 7. The summed E-state index contributed by atoms with van der Waals surface area (Å²) in [7, 11) is 0. The molecule has 1 aromatic carbocycles. The number of imidazole rings is 1. The highest BCUT2D eigenvalue weighted by Gasteiger charge is 2.28. The van der Waals surface area contributed by atoms with E-state index >= 15 is 0 Å². The Labute approximate surface area is 177 Å². The SMILES string of the molecule is NC[C@H]1CC[C@H](C(=O)NC(Cc2ccncc2)c2nc(-c3ccccc3)c[nH]2)CC1. The van der Waals surface area contributed by atoms with E-state index in [1.54, 1.807) is 12.4 Å². The number of carbonyl (C=O) groups is 1. The number of pyridine rings is 1. The molecule has 1 amide bonds. The molecule has 0 radical (unpaired) electrons. The third kappa shape index (κ3) is 4.94. The summed E-state index contributed by atoms with van der Waals surface area (Å²) in [5.74, 6) is 1.49. The number of nitrogens with one attached hydrogen (secondary N) is 2. The Hall–Kier alpha value is -2.99. The molecule has 1 saturated carbocycles. The lowest BCUT2D eigenvalue weighted by Gasteiger charge is -2.28. The van der Waals surface area contributed by atoms with Crippen molar-refractivity contribution in [2.24, 2.45) is 17.6 Å². The number of aromatic amines is 1. The van der Waals surface area contributed by atoms with Crippen molar-refractivity contribution in [3.8, 4) is 11.3 Å². The van der Waals surface area contributed by atoms with Crippen LogP contribution in [0.5, 0.6) is 0 Å². The monoisotopic (exact) mass is 403 g/mol. The fourth-order valence-electron chi connectivity index (χ4n) is 4.19. The molecule has 2 aromatic heterocycles. The molecule has 1 atom stereocenters. The zero-order valence-corrected chi connectivity index (χ0v) is 17.1. The van der Waals surface area contributed by atoms with Crippen LogP contribution in [-0.4, -0.2) is 27.4 Å². The Morgan fingerprint density at radius 3 is 2.53 bits per heavy atom. The molecule has 0 saturated heterocycles. The van der Waals surface area contributed by atoms with Crippen LogP contribution in [0.3, 0.4) is 0 Å². The normalized spacial score (nSPS) is 19.9. The number of amides is 1. The third-order valence-corrected chi connectivity index (χ3v) is 6.05. The highest BCUT2D eigenvalue weighted by Crippen LogP contribution is 2.29. The number of carbonyl (C=O) groups excluding carboxylic acids is 1. The van der Waals surface area contributed by atoms with Crippen molar-refractivity contribution >= 4 is 5.91 Å². The van der Waals surface area contributed by atoms with Crippen LogP contribution in [0.4, 0.5) is 0 Å². The molecule has 30 heavy (non-hydrogen) atoms. The minimum atomic E-state index is -0.218. The van der Waals surface area contributed by atoms with Crippen LogP contribution < -0.4 is 11.1 Å². The number of benzene rings is 1. The molecule has 1 aliphatic carbocycles. The highest BCUT2D eigenvalue weighted by atomic mass is 16.1. The highest BCUT2D eigenvalue weighted by molar-refractivity contribution is 5.79. The van der Waals surface area contributed by atoms with Crippen molar-refractivity contribution in [2.75, 3.05) is 6.54 Å². The van der Waals surface area contributed by atoms with E-state index in [4.69, 9.17) is 10.7 Å². The van der Waals surface area contributed by atoms with Gasteiger partial charge in [0.05, 0.1) is 11.7 Å². The van der Waals surface area contributed by atoms with Gasteiger partial charge in [-0.3, -0.25) is 9.78 Å². The van der Waals surface area contributed by atoms with Crippen molar-refractivity contribution in [1.82, 2.24) is 20.3 Å². The van der Waals surface area contributed by atoms with Crippen molar-refractivity contribution < 1.29 is 4.79 Å². The second-order valence-corrected chi connectivity index (χ2v) is 8.11. The average Bonchev–Trinajstić information content (AvgIpc) is 3.30. The first-order valence-electron chi connectivity index (χ1n) is 10.7. The lowest BCUT2D eigenvalue weighted by atomic mass is 9.81. The van der Waals surface area contributed by atoms with E-state index in [0.717, 1.165) is 48.3 Å². The molecule has 4 N–H and O–H groups in total. The van der Waals surface area contributed by atoms with Gasteiger partial charge in [0.25, 0.3) is 0 Å². The van der Waals surface area contributed by atoms with E-state index in [1.807, 2.05) is 48.7 Å². The van der Waals surface area contributed by atoms with E-state index in [0.29, 0.717) is 18.9 Å². The first-order chi connectivity index (χ1) is 14.7. The van der Waals surface area contributed by atoms with E-state index in [1.165, 1.54) is 0 Å². The minimum Gasteiger partial charge on any atom is -0.346 e. The summed E-state index contributed by atoms with van der Waals surface area (Å²) < 4.78 is 0. The fourth-order valence-corrected chi connectivity index (χ4v) is 4.19. The van der Waals surface area contributed by atoms with Crippen LogP contribution in [0.25, 0.3) is 11.3 Å². The number of nitrogens with zero attached hydrogens (tertiary/aromatic N) is 2. The molecular weight excluding hydrogens is 374 g/mol. The number of hydrogen-bond donors (Lipinski definition) is 3. The Bertz CT molecular complexity index is 932. The van der Waals surface area contributed by atoms with E-state index in [9.17, 15) is 4.79 Å². The standard InChI is InChI=1S/C24H29N5O/c25-15-18-6-8-20(9-7-18)24(30)29-21(14-17-10-12-26-13-11-17)23-27-16-22(28-23)19-4-2-1-3-5-19/h1-5,10-13,16,18,20-21H,6-9,14-15,25H2,(H,27,28)(H,29,30)/t18-,20-,21?. The molecule has 2 heterocycles. The molecule has 3 aromatic rings. The largest absolute Gasteiger partial charge is 0.346 e. The summed E-state index contributed by atoms with van der Waals surface area (Å²) in [5, 5.41) is 3.26. The van der Waals surface area contributed by atoms with Gasteiger partial charge in [-0.25, -0.2) is 4.98 Å². The number of hydrogen-bond acceptors (Lipinski definition) is 4. The van der Waals surface area contributed by atoms with Crippen LogP contribution in [-0.2, 0) is 11.2 Å². The predicted molar refractivity (Wildman–Crippen MR) is 117 cm³/mol. The quantitative estimate of drug-likeness (QED) is 0.561. The van der Waals surface area contributed by atoms with Gasteiger partial charge in [-0.2, -0.15) is 0 Å². The van der Waals surface area contributed by atoms with E-state index in [-0.39, 0.29) is 17.9 Å². The maximum atomic E-state index is 13.0. The molecular formula is C24H29N5O. The van der Waals surface area contributed by atoms with Gasteiger partial charge in [-0.15, -0.1) is 0 Å². The molecule has 4 rings (SSSR count). The first kappa shape index (κ1) is 20.3. The molecule has 0 spiro atoms. The van der Waals surface area contributed by atoms with Crippen LogP contribution in [0.2, 0.25) is 0 Å². The van der Waals surface area contributed by atoms with Gasteiger partial charge in [0, 0.05) is 30.1 Å². The number of H-pyrrole nitrogens is 1. The molecule has 1 aliphatic rings. The maximum Gasteiger partial charge on any atom is 0.223 e. The molecule has 0 aliphatic heterocycles. The second kappa shape index (κ2) is 9.67. The lowest BCUT2D eigenvalue weighted by molar-refractivity contribution is -0.127. The average molecular weight is 404 g/mol. The van der Waals surface area contributed by atoms with Crippen molar-refractivity contribution in [3.63, 3.8) is 0 Å². The third-order valence-electron chi connectivity index (χ3n) is 6.05. The zero-order chi connectivity index (χ0) is 20.8. The Morgan fingerprint density at radius 2 is 1.83 bits per heavy atom. The molecule has 1 unspecified atom stereocenters. The van der Waals surface area contributed by atoms with Crippen LogP contribution in [0.15, 0.2) is 61.1 Å². The molecule has 0 bridgehead atoms. The summed E-state index contributed by atoms with van der Waals surface area (Å²) in [6, 6.07) is 13.8. The zero-order valence-electron chi connectivity index (χ0n) is 17.1. The lowest BCUT2D eigenvalue weighted by Crippen LogP contribution is -2.37. The minimum absolute atomic E-state index is 0.0521. The van der Waals surface area contributed by atoms with E-state index < -0.39 is 0 Å². The van der Waals surface area contributed by atoms with Crippen molar-refractivity contribution in [1.29, 1.82) is 0 Å². The number of nitrogens with two attached hydrogens (primary N) is 1. The van der Waals surface area contributed by atoms with E-state index in [2.05, 4.69) is 15.3 Å². The van der Waals surface area contributed by atoms with Crippen LogP contribution >= 0.6 is 0 Å². The molecule has 1 fully saturated rings. The van der Waals surface area contributed by atoms with Gasteiger partial charge in [-0.1, -0.05) is 30.3 Å². The van der Waals surface area contributed by atoms with Crippen LogP contribution in [0.1, 0.15) is 43.1 Å². The van der Waals surface area contributed by atoms with Gasteiger partial charge in [0.15, 0.2) is 0 Å². The summed E-state index contributed by atoms with van der Waals surface area (Å²) in [5.41, 5.74) is 8.84. The predicted octanol–water partition coefficient (Wildman–Crippen LogP) is 3.64. The summed E-state index contributed by atoms with van der Waals surface area (Å²) in [6.07, 6.45) is 9.99. The fraction of sp³-hybridized carbons (Fsp3) is 0.375. The topological polar surface area (TPSA) is 96.7 Å². The van der Waals surface area contributed by atoms with Gasteiger partial charge in [-0.05, 0) is 62.3 Å². The summed E-state index contributed by atoms with van der Waals surface area (Å²) in [6.45, 7) is 0.716. The second-order valence-electron chi connectivity index (χ2n) is 8.11. The molecule has 156 valence electrons. The first-order valence-corrected chi connectivity index (χ1v) is 10.7. The summed E-state index contributed by atoms with van der Waals surface area (Å²) >= 11 is 0. The van der Waals surface area contributed by atoms with Gasteiger partial charge >= 0.3 is 0 Å². The summed E-state index contributed by atoms with van der Waals surface area (Å²) in [4.78, 5) is 25.2. The Balaban J connectivity index is 1.51. The smallest absolute Gasteiger partial charge is 0.223 e. The Morgan fingerprint density at radius 1 is 1.10 bits per heavy atom. The van der Waals surface area contributed by atoms with Gasteiger partial charge < -0.3 is 16.0 Å². The van der Waals surface area contributed by atoms with Gasteiger partial charge in [0.2, 0.25) is 5.91 Å². The van der Waals surface area contributed by atoms with Crippen LogP contribution in [0, 0.1) is 11.8 Å². The van der Waals surface area contributed by atoms with Crippen molar-refractivity contribution in [2.45, 2.75) is 38.1 Å². The maximum absolute atomic E-state index is 13.0.